The predicted octanol–water partition coefficient (Wildman–Crippen LogP) is 4.88. The van der Waals surface area contributed by atoms with E-state index < -0.39 is 8.07 Å². The van der Waals surface area contributed by atoms with Crippen LogP contribution >= 0.6 is 15.9 Å². The zero-order valence-corrected chi connectivity index (χ0v) is 20.6. The van der Waals surface area contributed by atoms with Crippen LogP contribution in [0.4, 0.5) is 0 Å². The number of hydrogen-bond donors (Lipinski definition) is 0. The lowest BCUT2D eigenvalue weighted by atomic mass is 9.75. The van der Waals surface area contributed by atoms with Gasteiger partial charge in [0.1, 0.15) is 12.2 Å². The van der Waals surface area contributed by atoms with E-state index in [1.54, 1.807) is 0 Å². The summed E-state index contributed by atoms with van der Waals surface area (Å²) in [4.78, 5) is 26.3. The number of carbonyl (C=O) groups excluding carboxylic acids is 2. The van der Waals surface area contributed by atoms with E-state index >= 15 is 0 Å². The molecule has 1 aliphatic heterocycles. The van der Waals surface area contributed by atoms with Crippen molar-refractivity contribution in [1.29, 1.82) is 0 Å². The van der Waals surface area contributed by atoms with E-state index in [-0.39, 0.29) is 52.6 Å². The molecular formula is C22H35BrO4Si. The van der Waals surface area contributed by atoms with Crippen LogP contribution in [0.25, 0.3) is 0 Å². The number of rotatable bonds is 4. The molecule has 3 aliphatic carbocycles. The van der Waals surface area contributed by atoms with Gasteiger partial charge >= 0.3 is 11.9 Å². The van der Waals surface area contributed by atoms with Crippen molar-refractivity contribution < 1.29 is 19.1 Å². The van der Waals surface area contributed by atoms with Gasteiger partial charge in [-0.15, -0.1) is 0 Å². The first-order chi connectivity index (χ1) is 13.0. The summed E-state index contributed by atoms with van der Waals surface area (Å²) >= 11 is 3.82. The Morgan fingerprint density at radius 2 is 1.89 bits per heavy atom. The van der Waals surface area contributed by atoms with Crippen LogP contribution in [-0.2, 0) is 19.1 Å². The van der Waals surface area contributed by atoms with Crippen molar-refractivity contribution in [2.45, 2.75) is 82.3 Å². The second-order valence-electron chi connectivity index (χ2n) is 11.2. The fraction of sp³-hybridized carbons (Fsp3) is 0.909. The molecule has 4 rings (SSSR count). The van der Waals surface area contributed by atoms with E-state index in [1.807, 2.05) is 0 Å². The Hall–Kier alpha value is -0.363. The molecule has 158 valence electrons. The molecule has 1 heterocycles. The number of alkyl halides is 1. The van der Waals surface area contributed by atoms with E-state index in [9.17, 15) is 9.59 Å². The maximum absolute atomic E-state index is 13.5. The van der Waals surface area contributed by atoms with Crippen molar-refractivity contribution in [3.05, 3.63) is 0 Å². The first-order valence-electron chi connectivity index (χ1n) is 11.1. The minimum absolute atomic E-state index is 0.0114. The minimum atomic E-state index is -1.56. The van der Waals surface area contributed by atoms with E-state index in [2.05, 4.69) is 56.3 Å². The largest absolute Gasteiger partial charge is 0.462 e. The van der Waals surface area contributed by atoms with Crippen molar-refractivity contribution in [3.8, 4) is 0 Å². The highest BCUT2D eigenvalue weighted by Crippen LogP contribution is 2.68. The zero-order valence-electron chi connectivity index (χ0n) is 18.0. The van der Waals surface area contributed by atoms with Gasteiger partial charge in [-0.1, -0.05) is 62.8 Å². The molecule has 4 fully saturated rings. The SMILES string of the molecule is CC1CCC(C(C)C)C(OC(=O)C2C3C(=O)OC4C(Br)C2C([Si](C)(C)C)C43)C1. The highest BCUT2D eigenvalue weighted by molar-refractivity contribution is 9.09. The molecule has 0 aromatic heterocycles. The fourth-order valence-corrected chi connectivity index (χ4v) is 11.5. The Morgan fingerprint density at radius 1 is 1.21 bits per heavy atom. The number of carbonyl (C=O) groups is 2. The molecule has 3 saturated carbocycles. The lowest BCUT2D eigenvalue weighted by Gasteiger charge is -2.38. The first-order valence-corrected chi connectivity index (χ1v) is 15.6. The molecule has 4 aliphatic rings. The van der Waals surface area contributed by atoms with E-state index in [1.165, 1.54) is 6.42 Å². The van der Waals surface area contributed by atoms with Crippen LogP contribution in [0.5, 0.6) is 0 Å². The fourth-order valence-electron chi connectivity index (χ4n) is 7.01. The molecule has 4 nitrogen and oxygen atoms in total. The van der Waals surface area contributed by atoms with E-state index in [0.717, 1.165) is 12.8 Å². The number of esters is 2. The Balaban J connectivity index is 1.60. The molecular weight excluding hydrogens is 436 g/mol. The number of ether oxygens (including phenoxy) is 2. The highest BCUT2D eigenvalue weighted by atomic mass is 79.9. The third kappa shape index (κ3) is 3.12. The second kappa shape index (κ2) is 7.11. The number of halogens is 1. The molecule has 2 bridgehead atoms. The molecule has 10 atom stereocenters. The third-order valence-electron chi connectivity index (χ3n) is 8.13. The second-order valence-corrected chi connectivity index (χ2v) is 17.7. The highest BCUT2D eigenvalue weighted by Gasteiger charge is 2.74. The Labute approximate surface area is 178 Å². The van der Waals surface area contributed by atoms with Gasteiger partial charge in [-0.05, 0) is 42.1 Å². The average molecular weight is 472 g/mol. The Kier molecular flexibility index (Phi) is 5.30. The molecule has 10 unspecified atom stereocenters. The van der Waals surface area contributed by atoms with Gasteiger partial charge in [-0.25, -0.2) is 0 Å². The van der Waals surface area contributed by atoms with Gasteiger partial charge in [0.25, 0.3) is 0 Å². The molecule has 0 N–H and O–H groups in total. The third-order valence-corrected chi connectivity index (χ3v) is 12.0. The zero-order chi connectivity index (χ0) is 20.5. The smallest absolute Gasteiger partial charge is 0.310 e. The predicted molar refractivity (Wildman–Crippen MR) is 115 cm³/mol. The Bertz CT molecular complexity index is 659. The molecule has 28 heavy (non-hydrogen) atoms. The molecule has 0 aromatic rings. The first kappa shape index (κ1) is 20.9. The summed E-state index contributed by atoms with van der Waals surface area (Å²) in [6.07, 6.45) is 3.22. The topological polar surface area (TPSA) is 52.6 Å². The minimum Gasteiger partial charge on any atom is -0.462 e. The summed E-state index contributed by atoms with van der Waals surface area (Å²) in [6.45, 7) is 13.8. The van der Waals surface area contributed by atoms with Gasteiger partial charge in [0.2, 0.25) is 0 Å². The van der Waals surface area contributed by atoms with Gasteiger partial charge in [0.05, 0.1) is 16.7 Å². The molecule has 0 amide bonds. The summed E-state index contributed by atoms with van der Waals surface area (Å²) in [5, 5.41) is 0. The van der Waals surface area contributed by atoms with Gasteiger partial charge in [-0.3, -0.25) is 9.59 Å². The molecule has 0 spiro atoms. The maximum Gasteiger partial charge on any atom is 0.310 e. The van der Waals surface area contributed by atoms with Crippen molar-refractivity contribution in [3.63, 3.8) is 0 Å². The molecule has 0 aromatic carbocycles. The summed E-state index contributed by atoms with van der Waals surface area (Å²) < 4.78 is 12.0. The van der Waals surface area contributed by atoms with Crippen LogP contribution < -0.4 is 0 Å². The average Bonchev–Trinajstić information content (AvgIpc) is 3.15. The van der Waals surface area contributed by atoms with Crippen LogP contribution in [-0.4, -0.2) is 37.0 Å². The van der Waals surface area contributed by atoms with Gasteiger partial charge < -0.3 is 9.47 Å². The summed E-state index contributed by atoms with van der Waals surface area (Å²) in [5.41, 5.74) is 0.432. The Morgan fingerprint density at radius 3 is 2.50 bits per heavy atom. The van der Waals surface area contributed by atoms with E-state index in [0.29, 0.717) is 23.3 Å². The van der Waals surface area contributed by atoms with Crippen molar-refractivity contribution in [2.75, 3.05) is 0 Å². The molecule has 0 radical (unpaired) electrons. The number of fused-ring (bicyclic) bond motifs is 1. The van der Waals surface area contributed by atoms with Crippen molar-refractivity contribution in [2.24, 2.45) is 41.4 Å². The summed E-state index contributed by atoms with van der Waals surface area (Å²) in [7, 11) is -1.56. The van der Waals surface area contributed by atoms with Crippen LogP contribution in [0.15, 0.2) is 0 Å². The lowest BCUT2D eigenvalue weighted by Crippen LogP contribution is -2.43. The summed E-state index contributed by atoms with van der Waals surface area (Å²) in [6, 6.07) is 0. The quantitative estimate of drug-likeness (QED) is 0.333. The van der Waals surface area contributed by atoms with Gasteiger partial charge in [-0.2, -0.15) is 0 Å². The van der Waals surface area contributed by atoms with Crippen LogP contribution in [0.1, 0.15) is 40.0 Å². The summed E-state index contributed by atoms with van der Waals surface area (Å²) in [5.74, 6) is 0.969. The van der Waals surface area contributed by atoms with Gasteiger partial charge in [0.15, 0.2) is 0 Å². The van der Waals surface area contributed by atoms with Crippen molar-refractivity contribution >= 4 is 35.9 Å². The standard InChI is InChI=1S/C22H35BrO4Si/c1-10(2)12-8-7-11(3)9-13(12)26-21(24)14-15-17-19(27-22(15)25)18(23)16(14)20(17)28(4,5)6/h10-20H,7-9H2,1-6H3. The number of hydrogen-bond acceptors (Lipinski definition) is 4. The molecule has 1 saturated heterocycles. The monoisotopic (exact) mass is 470 g/mol. The van der Waals surface area contributed by atoms with E-state index in [4.69, 9.17) is 9.47 Å². The van der Waals surface area contributed by atoms with Crippen LogP contribution in [0.3, 0.4) is 0 Å². The van der Waals surface area contributed by atoms with Crippen molar-refractivity contribution in [1.82, 2.24) is 0 Å². The lowest BCUT2D eigenvalue weighted by molar-refractivity contribution is -0.166. The normalized spacial score (nSPS) is 47.5. The molecule has 6 heteroatoms. The van der Waals surface area contributed by atoms with Gasteiger partial charge in [0, 0.05) is 14.0 Å². The van der Waals surface area contributed by atoms with Crippen LogP contribution in [0, 0.1) is 41.4 Å². The van der Waals surface area contributed by atoms with Crippen LogP contribution in [0.2, 0.25) is 25.2 Å². The maximum atomic E-state index is 13.5.